The molecule has 19 heavy (non-hydrogen) atoms. The van der Waals surface area contributed by atoms with Crippen molar-refractivity contribution in [3.63, 3.8) is 0 Å². The maximum atomic E-state index is 12.1. The van der Waals surface area contributed by atoms with E-state index in [9.17, 15) is 4.79 Å². The highest BCUT2D eigenvalue weighted by molar-refractivity contribution is 5.93. The van der Waals surface area contributed by atoms with Crippen LogP contribution in [-0.4, -0.2) is 30.8 Å². The minimum atomic E-state index is -0.124. The Morgan fingerprint density at radius 3 is 3.05 bits per heavy atom. The smallest absolute Gasteiger partial charge is 0.290 e. The highest BCUT2D eigenvalue weighted by Gasteiger charge is 2.24. The van der Waals surface area contributed by atoms with E-state index >= 15 is 0 Å². The largest absolute Gasteiger partial charge is 0.381 e. The van der Waals surface area contributed by atoms with E-state index in [2.05, 4.69) is 10.5 Å². The molecule has 0 saturated carbocycles. The van der Waals surface area contributed by atoms with Crippen LogP contribution in [-0.2, 0) is 17.6 Å². The van der Waals surface area contributed by atoms with Crippen molar-refractivity contribution in [1.82, 2.24) is 10.5 Å². The van der Waals surface area contributed by atoms with E-state index in [0.29, 0.717) is 18.2 Å². The van der Waals surface area contributed by atoms with Gasteiger partial charge in [0.25, 0.3) is 5.91 Å². The lowest BCUT2D eigenvalue weighted by Crippen LogP contribution is -2.33. The van der Waals surface area contributed by atoms with Gasteiger partial charge in [0, 0.05) is 18.7 Å². The number of carbonyl (C=O) groups is 1. The average molecular weight is 264 g/mol. The molecule has 5 heteroatoms. The first-order valence-electron chi connectivity index (χ1n) is 7.18. The number of hydrogen-bond donors (Lipinski definition) is 1. The number of nitrogens with zero attached hydrogens (tertiary/aromatic N) is 1. The molecule has 1 fully saturated rings. The van der Waals surface area contributed by atoms with E-state index in [1.807, 2.05) is 0 Å². The molecule has 0 unspecified atom stereocenters. The highest BCUT2D eigenvalue weighted by Crippen LogP contribution is 2.23. The fourth-order valence-corrected chi connectivity index (χ4v) is 2.85. The van der Waals surface area contributed by atoms with Crippen molar-refractivity contribution in [2.24, 2.45) is 5.92 Å². The quantitative estimate of drug-likeness (QED) is 0.902. The lowest BCUT2D eigenvalue weighted by Gasteiger charge is -2.22. The van der Waals surface area contributed by atoms with Gasteiger partial charge in [-0.2, -0.15) is 0 Å². The van der Waals surface area contributed by atoms with Gasteiger partial charge in [-0.05, 0) is 44.4 Å². The minimum absolute atomic E-state index is 0.124. The van der Waals surface area contributed by atoms with Gasteiger partial charge < -0.3 is 14.6 Å². The van der Waals surface area contributed by atoms with Crippen molar-refractivity contribution in [2.45, 2.75) is 38.5 Å². The van der Waals surface area contributed by atoms with Crippen molar-refractivity contribution < 1.29 is 14.1 Å². The van der Waals surface area contributed by atoms with E-state index in [-0.39, 0.29) is 5.91 Å². The Morgan fingerprint density at radius 2 is 2.21 bits per heavy atom. The molecule has 3 rings (SSSR count). The van der Waals surface area contributed by atoms with Crippen molar-refractivity contribution >= 4 is 5.91 Å². The molecule has 1 N–H and O–H groups in total. The van der Waals surface area contributed by atoms with Crippen LogP contribution in [0.15, 0.2) is 4.52 Å². The summed E-state index contributed by atoms with van der Waals surface area (Å²) in [5.41, 5.74) is 1.99. The average Bonchev–Trinajstić information content (AvgIpc) is 2.90. The first-order chi connectivity index (χ1) is 9.34. The summed E-state index contributed by atoms with van der Waals surface area (Å²) in [6.07, 6.45) is 6.30. The summed E-state index contributed by atoms with van der Waals surface area (Å²) >= 11 is 0. The summed E-state index contributed by atoms with van der Waals surface area (Å²) in [4.78, 5) is 12.1. The summed E-state index contributed by atoms with van der Waals surface area (Å²) in [7, 11) is 0. The summed E-state index contributed by atoms with van der Waals surface area (Å²) in [6.45, 7) is 2.25. The molecule has 1 saturated heterocycles. The molecule has 0 aromatic carbocycles. The number of ether oxygens (including phenoxy) is 1. The number of aryl methyl sites for hydroxylation is 1. The Hall–Kier alpha value is -1.36. The molecule has 1 aliphatic carbocycles. The van der Waals surface area contributed by atoms with E-state index in [1.54, 1.807) is 0 Å². The second-order valence-electron chi connectivity index (χ2n) is 5.44. The van der Waals surface area contributed by atoms with Crippen LogP contribution in [0.25, 0.3) is 0 Å². The molecule has 1 aromatic rings. The third-order valence-corrected chi connectivity index (χ3v) is 3.97. The van der Waals surface area contributed by atoms with E-state index in [4.69, 9.17) is 9.26 Å². The SMILES string of the molecule is O=C(NC[C@@H]1CCCOC1)c1onc2c1CCCC2. The molecule has 1 aromatic heterocycles. The Morgan fingerprint density at radius 1 is 1.32 bits per heavy atom. The summed E-state index contributed by atoms with van der Waals surface area (Å²) in [5, 5.41) is 6.96. The van der Waals surface area contributed by atoms with Gasteiger partial charge in [0.2, 0.25) is 5.76 Å². The maximum absolute atomic E-state index is 12.1. The van der Waals surface area contributed by atoms with Crippen LogP contribution in [0.5, 0.6) is 0 Å². The fraction of sp³-hybridized carbons (Fsp3) is 0.714. The third-order valence-electron chi connectivity index (χ3n) is 3.97. The van der Waals surface area contributed by atoms with Crippen LogP contribution in [0.1, 0.15) is 47.5 Å². The first-order valence-corrected chi connectivity index (χ1v) is 7.18. The van der Waals surface area contributed by atoms with Crippen molar-refractivity contribution in [3.8, 4) is 0 Å². The molecule has 1 atom stereocenters. The van der Waals surface area contributed by atoms with Gasteiger partial charge in [0.05, 0.1) is 12.3 Å². The zero-order chi connectivity index (χ0) is 13.1. The van der Waals surface area contributed by atoms with E-state index in [1.165, 1.54) is 0 Å². The van der Waals surface area contributed by atoms with Gasteiger partial charge in [-0.25, -0.2) is 0 Å². The molecule has 1 aliphatic heterocycles. The molecular weight excluding hydrogens is 244 g/mol. The zero-order valence-electron chi connectivity index (χ0n) is 11.1. The van der Waals surface area contributed by atoms with Gasteiger partial charge in [-0.1, -0.05) is 5.16 Å². The topological polar surface area (TPSA) is 64.4 Å². The van der Waals surface area contributed by atoms with Crippen LogP contribution < -0.4 is 5.32 Å². The lowest BCUT2D eigenvalue weighted by molar-refractivity contribution is 0.0532. The Labute approximate surface area is 112 Å². The van der Waals surface area contributed by atoms with Crippen LogP contribution in [0.3, 0.4) is 0 Å². The van der Waals surface area contributed by atoms with Crippen molar-refractivity contribution in [3.05, 3.63) is 17.0 Å². The second-order valence-corrected chi connectivity index (χ2v) is 5.44. The van der Waals surface area contributed by atoms with Crippen molar-refractivity contribution in [2.75, 3.05) is 19.8 Å². The predicted octanol–water partition coefficient (Wildman–Crippen LogP) is 1.71. The van der Waals surface area contributed by atoms with Gasteiger partial charge in [0.1, 0.15) is 0 Å². The van der Waals surface area contributed by atoms with Gasteiger partial charge in [-0.3, -0.25) is 4.79 Å². The monoisotopic (exact) mass is 264 g/mol. The summed E-state index contributed by atoms with van der Waals surface area (Å²) in [6, 6.07) is 0. The van der Waals surface area contributed by atoms with Crippen LogP contribution in [0, 0.1) is 5.92 Å². The number of aromatic nitrogens is 1. The molecule has 2 heterocycles. The van der Waals surface area contributed by atoms with Crippen molar-refractivity contribution in [1.29, 1.82) is 0 Å². The maximum Gasteiger partial charge on any atom is 0.290 e. The van der Waals surface area contributed by atoms with Crippen LogP contribution in [0.4, 0.5) is 0 Å². The Bertz CT molecular complexity index is 450. The Kier molecular flexibility index (Phi) is 3.82. The lowest BCUT2D eigenvalue weighted by atomic mass is 9.96. The number of hydrogen-bond acceptors (Lipinski definition) is 4. The predicted molar refractivity (Wildman–Crippen MR) is 69.0 cm³/mol. The minimum Gasteiger partial charge on any atom is -0.381 e. The number of carbonyl (C=O) groups excluding carboxylic acids is 1. The Balaban J connectivity index is 1.59. The molecule has 0 spiro atoms. The van der Waals surface area contributed by atoms with E-state index < -0.39 is 0 Å². The molecule has 5 nitrogen and oxygen atoms in total. The number of amides is 1. The van der Waals surface area contributed by atoms with Crippen LogP contribution in [0.2, 0.25) is 0 Å². The summed E-state index contributed by atoms with van der Waals surface area (Å²) in [5.74, 6) is 0.726. The molecule has 0 radical (unpaired) electrons. The number of fused-ring (bicyclic) bond motifs is 1. The number of rotatable bonds is 3. The summed E-state index contributed by atoms with van der Waals surface area (Å²) < 4.78 is 10.6. The molecule has 0 bridgehead atoms. The fourth-order valence-electron chi connectivity index (χ4n) is 2.85. The highest BCUT2D eigenvalue weighted by atomic mass is 16.5. The number of nitrogens with one attached hydrogen (secondary N) is 1. The first kappa shape index (κ1) is 12.7. The van der Waals surface area contributed by atoms with E-state index in [0.717, 1.165) is 63.0 Å². The second kappa shape index (κ2) is 5.74. The molecule has 2 aliphatic rings. The van der Waals surface area contributed by atoms with Gasteiger partial charge in [-0.15, -0.1) is 0 Å². The normalized spacial score (nSPS) is 22.8. The third kappa shape index (κ3) is 2.81. The van der Waals surface area contributed by atoms with Crippen LogP contribution >= 0.6 is 0 Å². The molecule has 1 amide bonds. The van der Waals surface area contributed by atoms with Gasteiger partial charge in [0.15, 0.2) is 0 Å². The molecular formula is C14H20N2O3. The van der Waals surface area contributed by atoms with Gasteiger partial charge >= 0.3 is 0 Å². The standard InChI is InChI=1S/C14H20N2O3/c17-14(15-8-10-4-3-7-18-9-10)13-11-5-1-2-6-12(11)16-19-13/h10H,1-9H2,(H,15,17)/t10-/m0/s1. The molecule has 104 valence electrons. The zero-order valence-corrected chi connectivity index (χ0v) is 11.1.